The molecule has 0 spiro atoms. The number of Topliss-reactive ketones (excluding diaryl/α,β-unsaturated/α-hetero) is 1. The molecule has 1 atom stereocenters. The summed E-state index contributed by atoms with van der Waals surface area (Å²) in [6.07, 6.45) is 3.59. The third-order valence-electron chi connectivity index (χ3n) is 3.14. The van der Waals surface area contributed by atoms with Crippen molar-refractivity contribution in [1.29, 1.82) is 0 Å². The Bertz CT molecular complexity index is 184. The number of carbonyl (C=O) groups excluding carboxylic acids is 1. The summed E-state index contributed by atoms with van der Waals surface area (Å²) in [5, 5.41) is 3.31. The largest absolute Gasteiger partial charge is 0.379 e. The maximum atomic E-state index is 11.7. The molecule has 1 unspecified atom stereocenters. The standard InChI is InChI=1S/C12H23NO2/c1-3-10(4-2)7-12(14)8-11-9-15-6-5-13-11/h10-11,13H,3-9H2,1-2H3. The van der Waals surface area contributed by atoms with E-state index in [0.29, 0.717) is 24.7 Å². The van der Waals surface area contributed by atoms with Crippen LogP contribution in [-0.2, 0) is 9.53 Å². The summed E-state index contributed by atoms with van der Waals surface area (Å²) < 4.78 is 5.33. The molecule has 1 heterocycles. The highest BCUT2D eigenvalue weighted by atomic mass is 16.5. The molecule has 1 aliphatic rings. The SMILES string of the molecule is CCC(CC)CC(=O)CC1COCCN1. The number of hydrogen-bond donors (Lipinski definition) is 1. The van der Waals surface area contributed by atoms with Gasteiger partial charge in [-0.3, -0.25) is 4.79 Å². The molecule has 15 heavy (non-hydrogen) atoms. The van der Waals surface area contributed by atoms with Gasteiger partial charge in [0.1, 0.15) is 5.78 Å². The van der Waals surface area contributed by atoms with Gasteiger partial charge >= 0.3 is 0 Å². The van der Waals surface area contributed by atoms with Crippen molar-refractivity contribution in [3.63, 3.8) is 0 Å². The lowest BCUT2D eigenvalue weighted by Gasteiger charge is -2.23. The first-order valence-corrected chi connectivity index (χ1v) is 6.09. The number of rotatable bonds is 6. The lowest BCUT2D eigenvalue weighted by atomic mass is 9.94. The third kappa shape index (κ3) is 4.76. The fourth-order valence-electron chi connectivity index (χ4n) is 2.01. The molecule has 1 fully saturated rings. The predicted molar refractivity (Wildman–Crippen MR) is 60.9 cm³/mol. The van der Waals surface area contributed by atoms with Gasteiger partial charge < -0.3 is 10.1 Å². The van der Waals surface area contributed by atoms with E-state index < -0.39 is 0 Å². The van der Waals surface area contributed by atoms with E-state index in [4.69, 9.17) is 4.74 Å². The Morgan fingerprint density at radius 2 is 2.20 bits per heavy atom. The normalized spacial score (nSPS) is 21.9. The molecule has 0 aromatic rings. The molecule has 88 valence electrons. The van der Waals surface area contributed by atoms with E-state index in [1.54, 1.807) is 0 Å². The maximum Gasteiger partial charge on any atom is 0.134 e. The first-order valence-electron chi connectivity index (χ1n) is 6.09. The zero-order valence-electron chi connectivity index (χ0n) is 9.92. The molecule has 3 nitrogen and oxygen atoms in total. The zero-order chi connectivity index (χ0) is 11.1. The van der Waals surface area contributed by atoms with E-state index in [-0.39, 0.29) is 6.04 Å². The summed E-state index contributed by atoms with van der Waals surface area (Å²) in [6.45, 7) is 6.65. The smallest absolute Gasteiger partial charge is 0.134 e. The molecule has 0 saturated carbocycles. The van der Waals surface area contributed by atoms with E-state index in [1.807, 2.05) is 0 Å². The highest BCUT2D eigenvalue weighted by Gasteiger charge is 2.18. The van der Waals surface area contributed by atoms with E-state index in [9.17, 15) is 4.79 Å². The van der Waals surface area contributed by atoms with Gasteiger partial charge in [-0.05, 0) is 5.92 Å². The van der Waals surface area contributed by atoms with Crippen LogP contribution in [0, 0.1) is 5.92 Å². The lowest BCUT2D eigenvalue weighted by Crippen LogP contribution is -2.42. The molecule has 1 N–H and O–H groups in total. The Kier molecular flexibility index (Phi) is 5.88. The highest BCUT2D eigenvalue weighted by Crippen LogP contribution is 2.14. The molecule has 1 rings (SSSR count). The van der Waals surface area contributed by atoms with E-state index in [1.165, 1.54) is 0 Å². The number of nitrogens with one attached hydrogen (secondary N) is 1. The average Bonchev–Trinajstić information content (AvgIpc) is 2.27. The van der Waals surface area contributed by atoms with Gasteiger partial charge in [-0.15, -0.1) is 0 Å². The molecular formula is C12H23NO2. The van der Waals surface area contributed by atoms with Crippen LogP contribution in [0.1, 0.15) is 39.5 Å². The van der Waals surface area contributed by atoms with Crippen molar-refractivity contribution < 1.29 is 9.53 Å². The molecule has 0 bridgehead atoms. The van der Waals surface area contributed by atoms with Crippen LogP contribution in [0.4, 0.5) is 0 Å². The molecule has 0 aliphatic carbocycles. The highest BCUT2D eigenvalue weighted by molar-refractivity contribution is 5.79. The summed E-state index contributed by atoms with van der Waals surface area (Å²) in [4.78, 5) is 11.7. The maximum absolute atomic E-state index is 11.7. The van der Waals surface area contributed by atoms with Gasteiger partial charge in [0.15, 0.2) is 0 Å². The minimum absolute atomic E-state index is 0.251. The van der Waals surface area contributed by atoms with Crippen LogP contribution in [0.15, 0.2) is 0 Å². The van der Waals surface area contributed by atoms with Crippen molar-refractivity contribution in [3.05, 3.63) is 0 Å². The van der Waals surface area contributed by atoms with Crippen molar-refractivity contribution in [1.82, 2.24) is 5.32 Å². The third-order valence-corrected chi connectivity index (χ3v) is 3.14. The Hall–Kier alpha value is -0.410. The van der Waals surface area contributed by atoms with Gasteiger partial charge in [0, 0.05) is 25.4 Å². The van der Waals surface area contributed by atoms with Crippen molar-refractivity contribution >= 4 is 5.78 Å². The van der Waals surface area contributed by atoms with Crippen molar-refractivity contribution in [2.45, 2.75) is 45.6 Å². The Balaban J connectivity index is 2.21. The number of ketones is 1. The van der Waals surface area contributed by atoms with E-state index in [2.05, 4.69) is 19.2 Å². The van der Waals surface area contributed by atoms with Crippen LogP contribution >= 0.6 is 0 Å². The zero-order valence-corrected chi connectivity index (χ0v) is 9.92. The molecular weight excluding hydrogens is 190 g/mol. The lowest BCUT2D eigenvalue weighted by molar-refractivity contribution is -0.121. The second kappa shape index (κ2) is 6.96. The van der Waals surface area contributed by atoms with Gasteiger partial charge in [0.2, 0.25) is 0 Å². The summed E-state index contributed by atoms with van der Waals surface area (Å²) in [5.74, 6) is 0.953. The number of morpholine rings is 1. The summed E-state index contributed by atoms with van der Waals surface area (Å²) in [7, 11) is 0. The number of carbonyl (C=O) groups is 1. The van der Waals surface area contributed by atoms with Crippen molar-refractivity contribution in [3.8, 4) is 0 Å². The molecule has 1 saturated heterocycles. The van der Waals surface area contributed by atoms with Crippen LogP contribution in [0.25, 0.3) is 0 Å². The van der Waals surface area contributed by atoms with Gasteiger partial charge in [0.25, 0.3) is 0 Å². The summed E-state index contributed by atoms with van der Waals surface area (Å²) >= 11 is 0. The van der Waals surface area contributed by atoms with Crippen molar-refractivity contribution in [2.75, 3.05) is 19.8 Å². The Morgan fingerprint density at radius 3 is 2.73 bits per heavy atom. The van der Waals surface area contributed by atoms with E-state index >= 15 is 0 Å². The van der Waals surface area contributed by atoms with Gasteiger partial charge in [-0.25, -0.2) is 0 Å². The minimum atomic E-state index is 0.251. The quantitative estimate of drug-likeness (QED) is 0.730. The molecule has 0 amide bonds. The summed E-state index contributed by atoms with van der Waals surface area (Å²) in [5.41, 5.74) is 0. The van der Waals surface area contributed by atoms with Gasteiger partial charge in [0.05, 0.1) is 13.2 Å². The number of ether oxygens (including phenoxy) is 1. The Labute approximate surface area is 92.6 Å². The van der Waals surface area contributed by atoms with Crippen LogP contribution in [-0.4, -0.2) is 31.6 Å². The Morgan fingerprint density at radius 1 is 1.47 bits per heavy atom. The summed E-state index contributed by atoms with van der Waals surface area (Å²) in [6, 6.07) is 0.251. The molecule has 3 heteroatoms. The van der Waals surface area contributed by atoms with Gasteiger partial charge in [-0.2, -0.15) is 0 Å². The average molecular weight is 213 g/mol. The first-order chi connectivity index (χ1) is 7.26. The fourth-order valence-corrected chi connectivity index (χ4v) is 2.01. The fraction of sp³-hybridized carbons (Fsp3) is 0.917. The molecule has 1 aliphatic heterocycles. The molecule has 0 radical (unpaired) electrons. The molecule has 0 aromatic heterocycles. The number of hydrogen-bond acceptors (Lipinski definition) is 3. The second-order valence-corrected chi connectivity index (χ2v) is 4.36. The van der Waals surface area contributed by atoms with Gasteiger partial charge in [-0.1, -0.05) is 26.7 Å². The molecule has 0 aromatic carbocycles. The predicted octanol–water partition coefficient (Wildman–Crippen LogP) is 1.76. The monoisotopic (exact) mass is 213 g/mol. The first kappa shape index (κ1) is 12.7. The van der Waals surface area contributed by atoms with Crippen LogP contribution in [0.3, 0.4) is 0 Å². The van der Waals surface area contributed by atoms with Crippen molar-refractivity contribution in [2.24, 2.45) is 5.92 Å². The topological polar surface area (TPSA) is 38.3 Å². The second-order valence-electron chi connectivity index (χ2n) is 4.36. The van der Waals surface area contributed by atoms with Crippen LogP contribution in [0.2, 0.25) is 0 Å². The van der Waals surface area contributed by atoms with E-state index in [0.717, 1.165) is 32.4 Å². The minimum Gasteiger partial charge on any atom is -0.379 e. The van der Waals surface area contributed by atoms with Crippen LogP contribution in [0.5, 0.6) is 0 Å². The van der Waals surface area contributed by atoms with Crippen LogP contribution < -0.4 is 5.32 Å².